The second kappa shape index (κ2) is 10.6. The van der Waals surface area contributed by atoms with Gasteiger partial charge in [-0.25, -0.2) is 0 Å². The van der Waals surface area contributed by atoms with Crippen molar-refractivity contribution in [1.82, 2.24) is 15.5 Å². The van der Waals surface area contributed by atoms with Gasteiger partial charge in [-0.05, 0) is 37.8 Å². The molecular weight excluding hydrogens is 330 g/mol. The van der Waals surface area contributed by atoms with Crippen LogP contribution < -0.4 is 10.6 Å². The first-order valence-corrected chi connectivity index (χ1v) is 9.46. The van der Waals surface area contributed by atoms with Crippen LogP contribution in [0, 0.1) is 6.92 Å². The van der Waals surface area contributed by atoms with E-state index in [0.717, 1.165) is 37.8 Å². The van der Waals surface area contributed by atoms with E-state index in [1.54, 1.807) is 6.07 Å². The number of carbonyl (C=O) groups excluding carboxylic acids is 3. The number of carbonyl (C=O) groups is 3. The molecule has 0 radical (unpaired) electrons. The summed E-state index contributed by atoms with van der Waals surface area (Å²) in [6.07, 6.45) is 4.83. The smallest absolute Gasteiger partial charge is 0.251 e. The number of aryl methyl sites for hydroxylation is 1. The second-order valence-corrected chi connectivity index (χ2v) is 6.72. The van der Waals surface area contributed by atoms with Crippen LogP contribution in [0.4, 0.5) is 0 Å². The van der Waals surface area contributed by atoms with Crippen molar-refractivity contribution >= 4 is 17.7 Å². The van der Waals surface area contributed by atoms with Crippen LogP contribution in [-0.2, 0) is 9.59 Å². The van der Waals surface area contributed by atoms with E-state index < -0.39 is 0 Å². The topological polar surface area (TPSA) is 78.5 Å². The summed E-state index contributed by atoms with van der Waals surface area (Å²) in [5.74, 6) is -0.0133. The second-order valence-electron chi connectivity index (χ2n) is 6.72. The van der Waals surface area contributed by atoms with Gasteiger partial charge in [0, 0.05) is 44.6 Å². The van der Waals surface area contributed by atoms with Crippen LogP contribution in [0.2, 0.25) is 0 Å². The predicted octanol–water partition coefficient (Wildman–Crippen LogP) is 2.02. The van der Waals surface area contributed by atoms with Gasteiger partial charge in [0.15, 0.2) is 0 Å². The van der Waals surface area contributed by atoms with E-state index in [2.05, 4.69) is 10.6 Å². The van der Waals surface area contributed by atoms with Crippen molar-refractivity contribution in [1.29, 1.82) is 0 Å². The maximum absolute atomic E-state index is 12.1. The van der Waals surface area contributed by atoms with Gasteiger partial charge < -0.3 is 15.5 Å². The summed E-state index contributed by atoms with van der Waals surface area (Å²) < 4.78 is 0. The molecule has 2 rings (SSSR count). The zero-order chi connectivity index (χ0) is 18.8. The molecule has 3 amide bonds. The molecule has 1 fully saturated rings. The van der Waals surface area contributed by atoms with Crippen molar-refractivity contribution in [3.05, 3.63) is 35.4 Å². The first-order valence-electron chi connectivity index (χ1n) is 9.46. The van der Waals surface area contributed by atoms with Crippen LogP contribution in [0.25, 0.3) is 0 Å². The Bertz CT molecular complexity index is 630. The number of likely N-dealkylation sites (tertiary alicyclic amines) is 1. The Kier molecular flexibility index (Phi) is 8.12. The van der Waals surface area contributed by atoms with Gasteiger partial charge in [-0.1, -0.05) is 24.6 Å². The molecule has 142 valence electrons. The van der Waals surface area contributed by atoms with Crippen LogP contribution >= 0.6 is 0 Å². The van der Waals surface area contributed by atoms with Crippen LogP contribution in [-0.4, -0.2) is 48.8 Å². The van der Waals surface area contributed by atoms with Crippen LogP contribution in [0.5, 0.6) is 0 Å². The molecule has 0 aromatic heterocycles. The Morgan fingerprint density at radius 2 is 1.88 bits per heavy atom. The highest BCUT2D eigenvalue weighted by molar-refractivity contribution is 5.95. The number of rotatable bonds is 8. The summed E-state index contributed by atoms with van der Waals surface area (Å²) in [7, 11) is 0. The molecule has 6 heteroatoms. The molecular formula is C20H29N3O3. The normalized spacial score (nSPS) is 14.7. The average Bonchev–Trinajstić information content (AvgIpc) is 2.83. The molecule has 0 saturated carbocycles. The molecule has 0 aliphatic carbocycles. The fourth-order valence-electron chi connectivity index (χ4n) is 3.07. The third-order valence-corrected chi connectivity index (χ3v) is 4.63. The van der Waals surface area contributed by atoms with E-state index in [4.69, 9.17) is 0 Å². The molecule has 6 nitrogen and oxygen atoms in total. The van der Waals surface area contributed by atoms with Crippen LogP contribution in [0.3, 0.4) is 0 Å². The Balaban J connectivity index is 1.58. The van der Waals surface area contributed by atoms with E-state index in [-0.39, 0.29) is 24.1 Å². The summed E-state index contributed by atoms with van der Waals surface area (Å²) in [5.41, 5.74) is 1.55. The third-order valence-electron chi connectivity index (χ3n) is 4.63. The summed E-state index contributed by atoms with van der Waals surface area (Å²) in [4.78, 5) is 37.7. The number of nitrogens with one attached hydrogen (secondary N) is 2. The highest BCUT2D eigenvalue weighted by Gasteiger charge is 2.15. The lowest BCUT2D eigenvalue weighted by Crippen LogP contribution is -2.35. The highest BCUT2D eigenvalue weighted by atomic mass is 16.2. The van der Waals surface area contributed by atoms with Gasteiger partial charge in [-0.2, -0.15) is 0 Å². The molecule has 0 bridgehead atoms. The Labute approximate surface area is 155 Å². The molecule has 0 atom stereocenters. The minimum Gasteiger partial charge on any atom is -0.356 e. The Morgan fingerprint density at radius 1 is 1.08 bits per heavy atom. The van der Waals surface area contributed by atoms with Crippen molar-refractivity contribution in [2.45, 2.75) is 45.4 Å². The molecule has 1 aromatic rings. The lowest BCUT2D eigenvalue weighted by molar-refractivity contribution is -0.130. The van der Waals surface area contributed by atoms with Gasteiger partial charge >= 0.3 is 0 Å². The molecule has 0 unspecified atom stereocenters. The fourth-order valence-corrected chi connectivity index (χ4v) is 3.07. The van der Waals surface area contributed by atoms with Crippen LogP contribution in [0.15, 0.2) is 24.3 Å². The molecule has 26 heavy (non-hydrogen) atoms. The standard InChI is InChI=1S/C20H29N3O3/c1-16-8-4-5-9-17(16)20(26)22-13-11-18(24)21-12-7-15-23-14-6-2-3-10-19(23)25/h4-5,8-9H,2-3,6-7,10-15H2,1H3,(H,21,24)(H,22,26). The number of benzene rings is 1. The van der Waals surface area contributed by atoms with E-state index in [0.29, 0.717) is 31.6 Å². The number of hydrogen-bond donors (Lipinski definition) is 2. The Hall–Kier alpha value is -2.37. The van der Waals surface area contributed by atoms with Crippen molar-refractivity contribution in [3.8, 4) is 0 Å². The number of hydrogen-bond acceptors (Lipinski definition) is 3. The third kappa shape index (κ3) is 6.50. The quantitative estimate of drug-likeness (QED) is 0.697. The highest BCUT2D eigenvalue weighted by Crippen LogP contribution is 2.11. The maximum atomic E-state index is 12.1. The largest absolute Gasteiger partial charge is 0.356 e. The van der Waals surface area contributed by atoms with Gasteiger partial charge in [0.05, 0.1) is 0 Å². The van der Waals surface area contributed by atoms with Crippen molar-refractivity contribution in [3.63, 3.8) is 0 Å². The summed E-state index contributed by atoms with van der Waals surface area (Å²) >= 11 is 0. The molecule has 1 heterocycles. The Morgan fingerprint density at radius 3 is 2.69 bits per heavy atom. The van der Waals surface area contributed by atoms with Crippen molar-refractivity contribution in [2.24, 2.45) is 0 Å². The van der Waals surface area contributed by atoms with E-state index in [1.165, 1.54) is 0 Å². The lowest BCUT2D eigenvalue weighted by atomic mass is 10.1. The molecule has 2 N–H and O–H groups in total. The first-order chi connectivity index (χ1) is 12.6. The molecule has 1 saturated heterocycles. The van der Waals surface area contributed by atoms with Gasteiger partial charge in [0.2, 0.25) is 11.8 Å². The zero-order valence-corrected chi connectivity index (χ0v) is 15.6. The van der Waals surface area contributed by atoms with Gasteiger partial charge in [0.25, 0.3) is 5.91 Å². The first kappa shape index (κ1) is 19.9. The van der Waals surface area contributed by atoms with Gasteiger partial charge in [-0.15, -0.1) is 0 Å². The average molecular weight is 359 g/mol. The summed E-state index contributed by atoms with van der Waals surface area (Å²) in [6.45, 7) is 4.27. The van der Waals surface area contributed by atoms with Crippen LogP contribution in [0.1, 0.15) is 54.4 Å². The van der Waals surface area contributed by atoms with Gasteiger partial charge in [0.1, 0.15) is 0 Å². The van der Waals surface area contributed by atoms with Crippen molar-refractivity contribution < 1.29 is 14.4 Å². The lowest BCUT2D eigenvalue weighted by Gasteiger charge is -2.20. The fraction of sp³-hybridized carbons (Fsp3) is 0.550. The zero-order valence-electron chi connectivity index (χ0n) is 15.6. The summed E-state index contributed by atoms with van der Waals surface area (Å²) in [5, 5.41) is 5.62. The molecule has 1 aliphatic heterocycles. The molecule has 1 aliphatic rings. The summed E-state index contributed by atoms with van der Waals surface area (Å²) in [6, 6.07) is 7.37. The predicted molar refractivity (Wildman–Crippen MR) is 101 cm³/mol. The SMILES string of the molecule is Cc1ccccc1C(=O)NCCC(=O)NCCCN1CCCCCC1=O. The number of amides is 3. The number of nitrogens with zero attached hydrogens (tertiary/aromatic N) is 1. The molecule has 1 aromatic carbocycles. The minimum atomic E-state index is -0.157. The maximum Gasteiger partial charge on any atom is 0.251 e. The van der Waals surface area contributed by atoms with E-state index >= 15 is 0 Å². The minimum absolute atomic E-state index is 0.0859. The molecule has 0 spiro atoms. The van der Waals surface area contributed by atoms with E-state index in [1.807, 2.05) is 30.0 Å². The van der Waals surface area contributed by atoms with Gasteiger partial charge in [-0.3, -0.25) is 14.4 Å². The van der Waals surface area contributed by atoms with E-state index in [9.17, 15) is 14.4 Å². The monoisotopic (exact) mass is 359 g/mol. The van der Waals surface area contributed by atoms with Crippen molar-refractivity contribution in [2.75, 3.05) is 26.2 Å².